The Balaban J connectivity index is 1.26. The molecule has 1 aromatic rings. The maximum absolute atomic E-state index is 6.25. The molecule has 142 valence electrons. The fraction of sp³-hybridized carbons (Fsp3) is 0.632. The Morgan fingerprint density at radius 2 is 1.92 bits per heavy atom. The lowest BCUT2D eigenvalue weighted by atomic mass is 9.87. The summed E-state index contributed by atoms with van der Waals surface area (Å²) in [6, 6.07) is 9.54. The smallest absolute Gasteiger partial charge is 0.152 e. The standard InChI is InChI=1S/C19H30N6O/c20-18(23-24-21)15-3-1-14(2-4-15)12-25-9-7-19(8-10-25)11-17(13-26-19)22-16-5-6-16/h1-4,16-17,22,24H,5-13,21H2,(H2,20,23). The predicted molar refractivity (Wildman–Crippen MR) is 102 cm³/mol. The Morgan fingerprint density at radius 1 is 1.19 bits per heavy atom. The first-order valence-corrected chi connectivity index (χ1v) is 9.66. The van der Waals surface area contributed by atoms with Gasteiger partial charge in [-0.2, -0.15) is 0 Å². The number of hydrogen-bond acceptors (Lipinski definition) is 6. The van der Waals surface area contributed by atoms with Crippen LogP contribution in [0.1, 0.15) is 43.2 Å². The van der Waals surface area contributed by atoms with Gasteiger partial charge in [0, 0.05) is 37.3 Å². The van der Waals surface area contributed by atoms with Crippen LogP contribution in [0.25, 0.3) is 0 Å². The Bertz CT molecular complexity index is 634. The number of hydrazone groups is 1. The van der Waals surface area contributed by atoms with Crippen molar-refractivity contribution in [1.29, 1.82) is 0 Å². The Labute approximate surface area is 155 Å². The van der Waals surface area contributed by atoms with Crippen molar-refractivity contribution < 1.29 is 4.74 Å². The number of rotatable bonds is 6. The largest absolute Gasteiger partial charge is 0.382 e. The molecule has 7 nitrogen and oxygen atoms in total. The molecular weight excluding hydrogens is 328 g/mol. The average molecular weight is 358 g/mol. The summed E-state index contributed by atoms with van der Waals surface area (Å²) in [5, 5.41) is 7.53. The first kappa shape index (κ1) is 17.7. The fourth-order valence-electron chi connectivity index (χ4n) is 4.17. The van der Waals surface area contributed by atoms with E-state index in [0.29, 0.717) is 11.9 Å². The zero-order valence-corrected chi connectivity index (χ0v) is 15.3. The van der Waals surface area contributed by atoms with E-state index < -0.39 is 0 Å². The molecule has 6 N–H and O–H groups in total. The molecule has 3 fully saturated rings. The zero-order chi connectivity index (χ0) is 18.0. The van der Waals surface area contributed by atoms with E-state index in [2.05, 4.69) is 33.0 Å². The molecule has 26 heavy (non-hydrogen) atoms. The van der Waals surface area contributed by atoms with Crippen LogP contribution in [0.5, 0.6) is 0 Å². The summed E-state index contributed by atoms with van der Waals surface area (Å²) in [6.07, 6.45) is 6.14. The van der Waals surface area contributed by atoms with Gasteiger partial charge in [-0.3, -0.25) is 4.90 Å². The molecule has 1 spiro atoms. The van der Waals surface area contributed by atoms with Crippen molar-refractivity contribution >= 4 is 5.84 Å². The summed E-state index contributed by atoms with van der Waals surface area (Å²) < 4.78 is 6.25. The quantitative estimate of drug-likeness (QED) is 0.258. The van der Waals surface area contributed by atoms with E-state index >= 15 is 0 Å². The van der Waals surface area contributed by atoms with Crippen molar-refractivity contribution in [2.45, 2.75) is 56.3 Å². The number of nitrogens with zero attached hydrogens (tertiary/aromatic N) is 2. The molecule has 0 aromatic heterocycles. The summed E-state index contributed by atoms with van der Waals surface area (Å²) in [7, 11) is 0. The fourth-order valence-corrected chi connectivity index (χ4v) is 4.17. The number of hydrazine groups is 1. The first-order valence-electron chi connectivity index (χ1n) is 9.66. The number of hydrogen-bond donors (Lipinski definition) is 4. The van der Waals surface area contributed by atoms with E-state index in [9.17, 15) is 0 Å². The van der Waals surface area contributed by atoms with Crippen LogP contribution in [-0.2, 0) is 11.3 Å². The third kappa shape index (κ3) is 4.17. The predicted octanol–water partition coefficient (Wildman–Crippen LogP) is 0.646. The van der Waals surface area contributed by atoms with E-state index in [1.54, 1.807) is 0 Å². The second-order valence-electron chi connectivity index (χ2n) is 7.94. The first-order chi connectivity index (χ1) is 12.7. The second kappa shape index (κ2) is 7.52. The van der Waals surface area contributed by atoms with Crippen molar-refractivity contribution in [1.82, 2.24) is 15.8 Å². The van der Waals surface area contributed by atoms with Gasteiger partial charge in [0.1, 0.15) is 0 Å². The van der Waals surface area contributed by atoms with Crippen LogP contribution >= 0.6 is 0 Å². The highest BCUT2D eigenvalue weighted by Crippen LogP contribution is 2.37. The molecular formula is C19H30N6O. The second-order valence-corrected chi connectivity index (χ2v) is 7.94. The molecule has 3 aliphatic rings. The monoisotopic (exact) mass is 358 g/mol. The lowest BCUT2D eigenvalue weighted by Gasteiger charge is -2.38. The van der Waals surface area contributed by atoms with Gasteiger partial charge in [-0.05, 0) is 37.7 Å². The molecule has 0 bridgehead atoms. The number of amidine groups is 1. The Morgan fingerprint density at radius 3 is 2.58 bits per heavy atom. The third-order valence-electron chi connectivity index (χ3n) is 5.87. The van der Waals surface area contributed by atoms with E-state index in [4.69, 9.17) is 16.3 Å². The molecule has 1 aliphatic carbocycles. The van der Waals surface area contributed by atoms with Crippen LogP contribution in [0.4, 0.5) is 0 Å². The molecule has 1 unspecified atom stereocenters. The van der Waals surface area contributed by atoms with Crippen LogP contribution in [0.15, 0.2) is 29.4 Å². The molecule has 1 atom stereocenters. The Hall–Kier alpha value is -1.67. The molecule has 1 aromatic carbocycles. The molecule has 7 heteroatoms. The highest BCUT2D eigenvalue weighted by Gasteiger charge is 2.43. The summed E-state index contributed by atoms with van der Waals surface area (Å²) in [5.74, 6) is 5.56. The maximum Gasteiger partial charge on any atom is 0.152 e. The van der Waals surface area contributed by atoms with Crippen molar-refractivity contribution in [3.8, 4) is 0 Å². The van der Waals surface area contributed by atoms with Gasteiger partial charge < -0.3 is 15.8 Å². The summed E-state index contributed by atoms with van der Waals surface area (Å²) in [6.45, 7) is 4.04. The highest BCUT2D eigenvalue weighted by molar-refractivity contribution is 5.97. The molecule has 4 rings (SSSR count). The number of nitrogens with one attached hydrogen (secondary N) is 2. The third-order valence-corrected chi connectivity index (χ3v) is 5.87. The minimum absolute atomic E-state index is 0.118. The number of ether oxygens (including phenoxy) is 1. The van der Waals surface area contributed by atoms with Crippen LogP contribution in [0.2, 0.25) is 0 Å². The number of likely N-dealkylation sites (tertiary alicyclic amines) is 1. The van der Waals surface area contributed by atoms with Crippen molar-refractivity contribution in [3.05, 3.63) is 35.4 Å². The van der Waals surface area contributed by atoms with Crippen molar-refractivity contribution in [3.63, 3.8) is 0 Å². The maximum atomic E-state index is 6.25. The number of benzene rings is 1. The molecule has 0 radical (unpaired) electrons. The van der Waals surface area contributed by atoms with Crippen molar-refractivity contribution in [2.24, 2.45) is 16.7 Å². The van der Waals surface area contributed by atoms with E-state index in [0.717, 1.165) is 50.7 Å². The van der Waals surface area contributed by atoms with Crippen molar-refractivity contribution in [2.75, 3.05) is 19.7 Å². The average Bonchev–Trinajstić information content (AvgIpc) is 3.38. The minimum atomic E-state index is 0.118. The van der Waals surface area contributed by atoms with Crippen LogP contribution < -0.4 is 22.4 Å². The normalized spacial score (nSPS) is 26.3. The minimum Gasteiger partial charge on any atom is -0.382 e. The molecule has 0 amide bonds. The topological polar surface area (TPSA) is 101 Å². The molecule has 2 saturated heterocycles. The van der Waals surface area contributed by atoms with Gasteiger partial charge in [0.15, 0.2) is 5.84 Å². The van der Waals surface area contributed by atoms with Gasteiger partial charge in [0.25, 0.3) is 0 Å². The van der Waals surface area contributed by atoms with E-state index in [1.807, 2.05) is 12.1 Å². The number of piperidine rings is 1. The molecule has 2 heterocycles. The van der Waals surface area contributed by atoms with E-state index in [1.165, 1.54) is 24.8 Å². The van der Waals surface area contributed by atoms with Gasteiger partial charge in [-0.15, -0.1) is 5.10 Å². The Kier molecular flexibility index (Phi) is 5.13. The van der Waals surface area contributed by atoms with Gasteiger partial charge in [-0.1, -0.05) is 24.3 Å². The molecule has 1 saturated carbocycles. The lowest BCUT2D eigenvalue weighted by molar-refractivity contribution is -0.0449. The van der Waals surface area contributed by atoms with Gasteiger partial charge in [0.2, 0.25) is 0 Å². The van der Waals surface area contributed by atoms with Crippen LogP contribution in [0.3, 0.4) is 0 Å². The van der Waals surface area contributed by atoms with Crippen LogP contribution in [-0.4, -0.2) is 48.1 Å². The van der Waals surface area contributed by atoms with Crippen LogP contribution in [0, 0.1) is 0 Å². The van der Waals surface area contributed by atoms with Gasteiger partial charge in [-0.25, -0.2) is 11.4 Å². The molecule has 2 aliphatic heterocycles. The summed E-state index contributed by atoms with van der Waals surface area (Å²) in [5.41, 5.74) is 10.3. The summed E-state index contributed by atoms with van der Waals surface area (Å²) >= 11 is 0. The summed E-state index contributed by atoms with van der Waals surface area (Å²) in [4.78, 5) is 2.52. The zero-order valence-electron chi connectivity index (χ0n) is 15.3. The van der Waals surface area contributed by atoms with Gasteiger partial charge in [0.05, 0.1) is 12.2 Å². The number of nitrogens with two attached hydrogens (primary N) is 2. The van der Waals surface area contributed by atoms with Gasteiger partial charge >= 0.3 is 0 Å². The highest BCUT2D eigenvalue weighted by atomic mass is 16.5. The van der Waals surface area contributed by atoms with E-state index in [-0.39, 0.29) is 5.60 Å². The lowest BCUT2D eigenvalue weighted by Crippen LogP contribution is -2.44. The SMILES string of the molecule is NN/N=C(\N)c1ccc(CN2CCC3(CC2)CC(NC2CC2)CO3)cc1.